The third kappa shape index (κ3) is 3.97. The van der Waals surface area contributed by atoms with Crippen molar-refractivity contribution >= 4 is 5.82 Å². The van der Waals surface area contributed by atoms with E-state index < -0.39 is 0 Å². The molecule has 0 amide bonds. The topological polar surface area (TPSA) is 41.0 Å². The van der Waals surface area contributed by atoms with E-state index >= 15 is 0 Å². The van der Waals surface area contributed by atoms with Crippen LogP contribution in [0, 0.1) is 5.92 Å². The van der Waals surface area contributed by atoms with Crippen molar-refractivity contribution in [1.29, 1.82) is 0 Å². The van der Waals surface area contributed by atoms with Crippen LogP contribution in [0.5, 0.6) is 0 Å². The van der Waals surface area contributed by atoms with Crippen molar-refractivity contribution in [1.82, 2.24) is 15.5 Å². The van der Waals surface area contributed by atoms with E-state index in [0.29, 0.717) is 0 Å². The zero-order chi connectivity index (χ0) is 12.1. The smallest absolute Gasteiger partial charge is 0.150 e. The lowest BCUT2D eigenvalue weighted by Gasteiger charge is -2.17. The fraction of sp³-hybridized carbons (Fsp3) is 0.692. The molecule has 0 spiro atoms. The zero-order valence-electron chi connectivity index (χ0n) is 10.8. The zero-order valence-corrected chi connectivity index (χ0v) is 10.8. The molecule has 0 aromatic carbocycles. The highest BCUT2D eigenvalue weighted by Crippen LogP contribution is 2.30. The minimum atomic E-state index is 0.813. The molecule has 1 aromatic rings. The van der Waals surface area contributed by atoms with Crippen LogP contribution >= 0.6 is 0 Å². The molecular weight excluding hydrogens is 212 g/mol. The maximum absolute atomic E-state index is 4.27. The van der Waals surface area contributed by atoms with Gasteiger partial charge in [0.25, 0.3) is 0 Å². The minimum absolute atomic E-state index is 0.813. The second-order valence-electron chi connectivity index (χ2n) is 4.88. The molecule has 0 saturated heterocycles. The van der Waals surface area contributed by atoms with Gasteiger partial charge in [-0.2, -0.15) is 5.10 Å². The molecule has 1 heterocycles. The molecule has 0 atom stereocenters. The van der Waals surface area contributed by atoms with Crippen LogP contribution in [0.25, 0.3) is 0 Å². The lowest BCUT2D eigenvalue weighted by molar-refractivity contribution is 0.655. The first kappa shape index (κ1) is 12.3. The van der Waals surface area contributed by atoms with Gasteiger partial charge in [0.05, 0.1) is 5.69 Å². The summed E-state index contributed by atoms with van der Waals surface area (Å²) in [4.78, 5) is 2.20. The number of aromatic nitrogens is 2. The van der Waals surface area contributed by atoms with E-state index in [9.17, 15) is 0 Å². The first-order chi connectivity index (χ1) is 8.29. The average molecular weight is 234 g/mol. The standard InChI is InChI=1S/C13H22N4/c1-3-8-14-9-12-6-7-13(16-15-12)17(2)10-11-4-5-11/h6-7,11,14H,3-5,8-10H2,1-2H3. The van der Waals surface area contributed by atoms with Crippen LogP contribution in [0.3, 0.4) is 0 Å². The maximum Gasteiger partial charge on any atom is 0.150 e. The van der Waals surface area contributed by atoms with Crippen LogP contribution in [-0.2, 0) is 6.54 Å². The number of hydrogen-bond donors (Lipinski definition) is 1. The average Bonchev–Trinajstić information content (AvgIpc) is 3.14. The van der Waals surface area contributed by atoms with Crippen molar-refractivity contribution in [2.24, 2.45) is 5.92 Å². The Kier molecular flexibility index (Phi) is 4.31. The fourth-order valence-corrected chi connectivity index (χ4v) is 1.83. The van der Waals surface area contributed by atoms with Gasteiger partial charge in [-0.3, -0.25) is 0 Å². The largest absolute Gasteiger partial charge is 0.358 e. The van der Waals surface area contributed by atoms with Crippen molar-refractivity contribution in [2.45, 2.75) is 32.7 Å². The Morgan fingerprint density at radius 3 is 2.76 bits per heavy atom. The van der Waals surface area contributed by atoms with Gasteiger partial charge in [0, 0.05) is 20.1 Å². The summed E-state index contributed by atoms with van der Waals surface area (Å²) >= 11 is 0. The summed E-state index contributed by atoms with van der Waals surface area (Å²) in [5, 5.41) is 11.8. The van der Waals surface area contributed by atoms with E-state index in [1.165, 1.54) is 12.8 Å². The molecule has 4 heteroatoms. The molecule has 94 valence electrons. The van der Waals surface area contributed by atoms with E-state index in [4.69, 9.17) is 0 Å². The van der Waals surface area contributed by atoms with E-state index in [0.717, 1.165) is 43.5 Å². The lowest BCUT2D eigenvalue weighted by Crippen LogP contribution is -2.22. The molecule has 1 aliphatic carbocycles. The van der Waals surface area contributed by atoms with Gasteiger partial charge in [-0.25, -0.2) is 0 Å². The quantitative estimate of drug-likeness (QED) is 0.731. The highest BCUT2D eigenvalue weighted by atomic mass is 15.2. The molecule has 2 rings (SSSR count). The molecule has 0 radical (unpaired) electrons. The Hall–Kier alpha value is -1.16. The number of hydrogen-bond acceptors (Lipinski definition) is 4. The van der Waals surface area contributed by atoms with Crippen LogP contribution in [0.4, 0.5) is 5.82 Å². The van der Waals surface area contributed by atoms with Crippen LogP contribution in [0.2, 0.25) is 0 Å². The first-order valence-electron chi connectivity index (χ1n) is 6.54. The molecule has 1 fully saturated rings. The Labute approximate surface area is 103 Å². The summed E-state index contributed by atoms with van der Waals surface area (Å²) in [6.45, 7) is 5.12. The molecule has 17 heavy (non-hydrogen) atoms. The Morgan fingerprint density at radius 2 is 2.18 bits per heavy atom. The van der Waals surface area contributed by atoms with E-state index in [2.05, 4.69) is 46.5 Å². The van der Waals surface area contributed by atoms with Crippen molar-refractivity contribution in [3.05, 3.63) is 17.8 Å². The van der Waals surface area contributed by atoms with Crippen molar-refractivity contribution < 1.29 is 0 Å². The van der Waals surface area contributed by atoms with Crippen molar-refractivity contribution in [2.75, 3.05) is 25.0 Å². The van der Waals surface area contributed by atoms with E-state index in [1.807, 2.05) is 0 Å². The maximum atomic E-state index is 4.27. The number of rotatable bonds is 7. The van der Waals surface area contributed by atoms with Crippen LogP contribution in [0.1, 0.15) is 31.9 Å². The van der Waals surface area contributed by atoms with Gasteiger partial charge in [0.1, 0.15) is 0 Å². The van der Waals surface area contributed by atoms with Crippen molar-refractivity contribution in [3.8, 4) is 0 Å². The van der Waals surface area contributed by atoms with Gasteiger partial charge in [-0.1, -0.05) is 6.92 Å². The second-order valence-corrected chi connectivity index (χ2v) is 4.88. The van der Waals surface area contributed by atoms with Gasteiger partial charge in [-0.05, 0) is 43.9 Å². The van der Waals surface area contributed by atoms with Gasteiger partial charge in [0.15, 0.2) is 5.82 Å². The molecule has 0 bridgehead atoms. The summed E-state index contributed by atoms with van der Waals surface area (Å²) in [7, 11) is 2.09. The lowest BCUT2D eigenvalue weighted by atomic mass is 10.3. The van der Waals surface area contributed by atoms with Crippen molar-refractivity contribution in [3.63, 3.8) is 0 Å². The summed E-state index contributed by atoms with van der Waals surface area (Å²) in [6.07, 6.45) is 3.89. The van der Waals surface area contributed by atoms with Gasteiger partial charge < -0.3 is 10.2 Å². The highest BCUT2D eigenvalue weighted by Gasteiger charge is 2.23. The Bertz CT molecular complexity index is 332. The summed E-state index contributed by atoms with van der Waals surface area (Å²) < 4.78 is 0. The minimum Gasteiger partial charge on any atom is -0.358 e. The third-order valence-corrected chi connectivity index (χ3v) is 3.06. The summed E-state index contributed by atoms with van der Waals surface area (Å²) in [5.74, 6) is 1.86. The molecule has 4 nitrogen and oxygen atoms in total. The number of anilines is 1. The van der Waals surface area contributed by atoms with E-state index in [-0.39, 0.29) is 0 Å². The summed E-state index contributed by atoms with van der Waals surface area (Å²) in [6, 6.07) is 4.13. The second kappa shape index (κ2) is 5.96. The van der Waals surface area contributed by atoms with E-state index in [1.54, 1.807) is 0 Å². The molecule has 1 saturated carbocycles. The normalized spacial score (nSPS) is 14.9. The molecule has 0 aliphatic heterocycles. The first-order valence-corrected chi connectivity index (χ1v) is 6.54. The number of nitrogens with zero attached hydrogens (tertiary/aromatic N) is 3. The Balaban J connectivity index is 1.83. The predicted octanol–water partition coefficient (Wildman–Crippen LogP) is 1.82. The van der Waals surface area contributed by atoms with Crippen LogP contribution in [0.15, 0.2) is 12.1 Å². The van der Waals surface area contributed by atoms with Gasteiger partial charge >= 0.3 is 0 Å². The molecule has 1 N–H and O–H groups in total. The monoisotopic (exact) mass is 234 g/mol. The van der Waals surface area contributed by atoms with Gasteiger partial charge in [-0.15, -0.1) is 5.10 Å². The van der Waals surface area contributed by atoms with Gasteiger partial charge in [0.2, 0.25) is 0 Å². The molecule has 1 aliphatic rings. The SMILES string of the molecule is CCCNCc1ccc(N(C)CC2CC2)nn1. The molecule has 0 unspecified atom stereocenters. The van der Waals surface area contributed by atoms with Crippen LogP contribution in [-0.4, -0.2) is 30.3 Å². The molecular formula is C13H22N4. The Morgan fingerprint density at radius 1 is 1.35 bits per heavy atom. The highest BCUT2D eigenvalue weighted by molar-refractivity contribution is 5.36. The predicted molar refractivity (Wildman–Crippen MR) is 70.0 cm³/mol. The van der Waals surface area contributed by atoms with Crippen LogP contribution < -0.4 is 10.2 Å². The summed E-state index contributed by atoms with van der Waals surface area (Å²) in [5.41, 5.74) is 1.02. The number of nitrogens with one attached hydrogen (secondary N) is 1. The molecule has 1 aromatic heterocycles. The fourth-order valence-electron chi connectivity index (χ4n) is 1.83. The third-order valence-electron chi connectivity index (χ3n) is 3.06.